The molecule has 0 radical (unpaired) electrons. The Morgan fingerprint density at radius 3 is 2.39 bits per heavy atom. The van der Waals surface area contributed by atoms with Crippen LogP contribution in [0, 0.1) is 27.7 Å². The Morgan fingerprint density at radius 2 is 1.71 bits per heavy atom. The maximum Gasteiger partial charge on any atom is 0.264 e. The molecule has 9 heteroatoms. The minimum absolute atomic E-state index is 0.108. The van der Waals surface area contributed by atoms with E-state index in [1.54, 1.807) is 30.5 Å². The number of aryl methyl sites for hydroxylation is 3. The van der Waals surface area contributed by atoms with Gasteiger partial charge in [-0.05, 0) is 75.7 Å². The molecule has 0 bridgehead atoms. The van der Waals surface area contributed by atoms with Crippen molar-refractivity contribution in [3.63, 3.8) is 0 Å². The molecule has 0 saturated carbocycles. The number of hydrazone groups is 1. The first kappa shape index (κ1) is 27.3. The van der Waals surface area contributed by atoms with Gasteiger partial charge in [-0.15, -0.1) is 0 Å². The topological polar surface area (TPSA) is 83.8 Å². The molecule has 1 heterocycles. The average Bonchev–Trinajstić information content (AvgIpc) is 3.16. The molecule has 0 unspecified atom stereocenters. The third-order valence-electron chi connectivity index (χ3n) is 6.17. The minimum Gasteiger partial charge on any atom is -0.318 e. The van der Waals surface area contributed by atoms with Crippen molar-refractivity contribution in [2.24, 2.45) is 5.10 Å². The molecule has 0 aliphatic heterocycles. The molecule has 0 atom stereocenters. The predicted octanol–water partition coefficient (Wildman–Crippen LogP) is 5.82. The monoisotopic (exact) mass is 592 g/mol. The predicted molar refractivity (Wildman–Crippen MR) is 156 cm³/mol. The van der Waals surface area contributed by atoms with Crippen LogP contribution in [0.1, 0.15) is 28.1 Å². The highest BCUT2D eigenvalue weighted by atomic mass is 79.9. The minimum atomic E-state index is -3.99. The molecule has 3 aromatic carbocycles. The number of hydrogen-bond acceptors (Lipinski definition) is 4. The van der Waals surface area contributed by atoms with Crippen LogP contribution in [0.2, 0.25) is 0 Å². The van der Waals surface area contributed by atoms with Gasteiger partial charge in [0.15, 0.2) is 0 Å². The summed E-state index contributed by atoms with van der Waals surface area (Å²) < 4.78 is 31.3. The van der Waals surface area contributed by atoms with Crippen LogP contribution in [0.4, 0.5) is 5.69 Å². The Kier molecular flexibility index (Phi) is 8.18. The lowest BCUT2D eigenvalue weighted by Gasteiger charge is -2.25. The van der Waals surface area contributed by atoms with Gasteiger partial charge in [0.05, 0.1) is 16.8 Å². The highest BCUT2D eigenvalue weighted by Crippen LogP contribution is 2.27. The Balaban J connectivity index is 1.57. The Morgan fingerprint density at radius 1 is 0.974 bits per heavy atom. The highest BCUT2D eigenvalue weighted by molar-refractivity contribution is 9.10. The van der Waals surface area contributed by atoms with Crippen molar-refractivity contribution in [1.82, 2.24) is 9.99 Å². The molecule has 1 amide bonds. The summed E-state index contributed by atoms with van der Waals surface area (Å²) >= 11 is 3.51. The number of nitrogens with one attached hydrogen (secondary N) is 1. The zero-order valence-electron chi connectivity index (χ0n) is 21.6. The second-order valence-corrected chi connectivity index (χ2v) is 11.8. The maximum absolute atomic E-state index is 13.5. The molecule has 0 aliphatic rings. The van der Waals surface area contributed by atoms with E-state index in [0.29, 0.717) is 5.69 Å². The molecular weight excluding hydrogens is 564 g/mol. The zero-order chi connectivity index (χ0) is 27.4. The number of hydrogen-bond donors (Lipinski definition) is 1. The van der Waals surface area contributed by atoms with Crippen molar-refractivity contribution >= 4 is 43.8 Å². The van der Waals surface area contributed by atoms with Crippen molar-refractivity contribution < 1.29 is 13.2 Å². The summed E-state index contributed by atoms with van der Waals surface area (Å²) in [5.41, 5.74) is 8.51. The molecule has 0 aliphatic carbocycles. The van der Waals surface area contributed by atoms with Crippen molar-refractivity contribution in [3.05, 3.63) is 111 Å². The summed E-state index contributed by atoms with van der Waals surface area (Å²) in [5.74, 6) is -0.554. The second-order valence-electron chi connectivity index (χ2n) is 9.05. The number of nitrogens with zero attached hydrogens (tertiary/aromatic N) is 3. The molecule has 196 valence electrons. The first-order chi connectivity index (χ1) is 18.1. The van der Waals surface area contributed by atoms with E-state index in [1.807, 2.05) is 70.2 Å². The van der Waals surface area contributed by atoms with Crippen molar-refractivity contribution in [2.45, 2.75) is 32.6 Å². The average molecular weight is 594 g/mol. The van der Waals surface area contributed by atoms with Crippen molar-refractivity contribution in [2.75, 3.05) is 10.8 Å². The molecular formula is C29H29BrN4O3S. The fourth-order valence-corrected chi connectivity index (χ4v) is 6.27. The van der Waals surface area contributed by atoms with Gasteiger partial charge in [0.1, 0.15) is 6.54 Å². The van der Waals surface area contributed by atoms with Crippen LogP contribution in [0.5, 0.6) is 0 Å². The Bertz CT molecular complexity index is 1610. The van der Waals surface area contributed by atoms with Crippen LogP contribution in [0.15, 0.2) is 93.3 Å². The Labute approximate surface area is 232 Å². The van der Waals surface area contributed by atoms with E-state index >= 15 is 0 Å². The number of carbonyl (C=O) groups excluding carboxylic acids is 1. The van der Waals surface area contributed by atoms with Crippen LogP contribution in [0.25, 0.3) is 5.69 Å². The van der Waals surface area contributed by atoms with Gasteiger partial charge >= 0.3 is 0 Å². The third-order valence-corrected chi connectivity index (χ3v) is 8.44. The van der Waals surface area contributed by atoms with Crippen molar-refractivity contribution in [1.29, 1.82) is 0 Å². The molecule has 0 spiro atoms. The van der Waals surface area contributed by atoms with Gasteiger partial charge in [0, 0.05) is 27.1 Å². The van der Waals surface area contributed by atoms with E-state index < -0.39 is 22.5 Å². The van der Waals surface area contributed by atoms with E-state index in [1.165, 1.54) is 12.1 Å². The number of aromatic nitrogens is 1. The molecule has 1 N–H and O–H groups in total. The molecule has 0 fully saturated rings. The smallest absolute Gasteiger partial charge is 0.264 e. The van der Waals surface area contributed by atoms with Crippen LogP contribution in [-0.4, -0.2) is 31.7 Å². The summed E-state index contributed by atoms with van der Waals surface area (Å²) in [6, 6.07) is 23.5. The lowest BCUT2D eigenvalue weighted by molar-refractivity contribution is -0.119. The second kappa shape index (κ2) is 11.4. The lowest BCUT2D eigenvalue weighted by Crippen LogP contribution is -2.40. The van der Waals surface area contributed by atoms with Crippen LogP contribution < -0.4 is 9.73 Å². The first-order valence-electron chi connectivity index (χ1n) is 12.0. The summed E-state index contributed by atoms with van der Waals surface area (Å²) in [7, 11) is -3.99. The standard InChI is InChI=1S/C29H29BrN4O3S/c1-20-13-14-28(21(2)15-20)33(38(36,37)27-11-6-5-7-12-27)19-29(35)32-31-18-24-16-22(3)34(23(24)4)26-10-8-9-25(30)17-26/h5-18H,19H2,1-4H3,(H,32,35)/b31-18-. The van der Waals surface area contributed by atoms with Gasteiger partial charge in [-0.25, -0.2) is 13.8 Å². The molecule has 7 nitrogen and oxygen atoms in total. The van der Waals surface area contributed by atoms with Crippen LogP contribution in [-0.2, 0) is 14.8 Å². The number of anilines is 1. The fraction of sp³-hybridized carbons (Fsp3) is 0.172. The number of sulfonamides is 1. The largest absolute Gasteiger partial charge is 0.318 e. The van der Waals surface area contributed by atoms with E-state index in [0.717, 1.165) is 42.5 Å². The van der Waals surface area contributed by atoms with Gasteiger partial charge < -0.3 is 4.57 Å². The van der Waals surface area contributed by atoms with E-state index in [2.05, 4.69) is 31.0 Å². The number of rotatable bonds is 8. The number of benzene rings is 3. The molecule has 4 rings (SSSR count). The summed E-state index contributed by atoms with van der Waals surface area (Å²) in [6.07, 6.45) is 1.57. The molecule has 4 aromatic rings. The van der Waals surface area contributed by atoms with Crippen LogP contribution >= 0.6 is 15.9 Å². The van der Waals surface area contributed by atoms with E-state index in [9.17, 15) is 13.2 Å². The van der Waals surface area contributed by atoms with Gasteiger partial charge in [0.25, 0.3) is 15.9 Å². The van der Waals surface area contributed by atoms with Gasteiger partial charge in [0.2, 0.25) is 0 Å². The summed E-state index contributed by atoms with van der Waals surface area (Å²) in [5, 5.41) is 4.14. The number of carbonyl (C=O) groups is 1. The normalized spacial score (nSPS) is 11.6. The first-order valence-corrected chi connectivity index (χ1v) is 14.2. The van der Waals surface area contributed by atoms with Gasteiger partial charge in [-0.2, -0.15) is 5.10 Å². The quantitative estimate of drug-likeness (QED) is 0.207. The molecule has 1 aromatic heterocycles. The summed E-state index contributed by atoms with van der Waals surface area (Å²) in [4.78, 5) is 13.1. The highest BCUT2D eigenvalue weighted by Gasteiger charge is 2.28. The number of amides is 1. The Hall–Kier alpha value is -3.69. The summed E-state index contributed by atoms with van der Waals surface area (Å²) in [6.45, 7) is 7.32. The lowest BCUT2D eigenvalue weighted by atomic mass is 10.1. The third kappa shape index (κ3) is 5.89. The van der Waals surface area contributed by atoms with Gasteiger partial charge in [-0.1, -0.05) is 57.9 Å². The maximum atomic E-state index is 13.5. The van der Waals surface area contributed by atoms with Crippen LogP contribution in [0.3, 0.4) is 0 Å². The van der Waals surface area contributed by atoms with E-state index in [-0.39, 0.29) is 4.90 Å². The van der Waals surface area contributed by atoms with Crippen molar-refractivity contribution in [3.8, 4) is 5.69 Å². The van der Waals surface area contributed by atoms with E-state index in [4.69, 9.17) is 0 Å². The van der Waals surface area contributed by atoms with Gasteiger partial charge in [-0.3, -0.25) is 9.10 Å². The number of halogens is 1. The molecule has 0 saturated heterocycles. The SMILES string of the molecule is Cc1ccc(N(CC(=O)N/N=C\c2cc(C)n(-c3cccc(Br)c3)c2C)S(=O)(=O)c2ccccc2)c(C)c1. The fourth-order valence-electron chi connectivity index (χ4n) is 4.37. The zero-order valence-corrected chi connectivity index (χ0v) is 24.0. The molecule has 38 heavy (non-hydrogen) atoms.